The summed E-state index contributed by atoms with van der Waals surface area (Å²) >= 11 is 0. The Hall–Kier alpha value is -4.07. The molecule has 41 heavy (non-hydrogen) atoms. The zero-order valence-electron chi connectivity index (χ0n) is 24.6. The Morgan fingerprint density at radius 3 is 1.95 bits per heavy atom. The zero-order chi connectivity index (χ0) is 29.5. The van der Waals surface area contributed by atoms with Gasteiger partial charge in [0.2, 0.25) is 0 Å². The van der Waals surface area contributed by atoms with E-state index in [1.165, 1.54) is 7.11 Å². The van der Waals surface area contributed by atoms with Crippen LogP contribution in [0.2, 0.25) is 0 Å². The van der Waals surface area contributed by atoms with Crippen molar-refractivity contribution in [3.8, 4) is 17.2 Å². The van der Waals surface area contributed by atoms with Crippen LogP contribution < -0.4 is 24.8 Å². The van der Waals surface area contributed by atoms with Gasteiger partial charge in [0.25, 0.3) is 5.91 Å². The van der Waals surface area contributed by atoms with E-state index >= 15 is 0 Å². The summed E-state index contributed by atoms with van der Waals surface area (Å²) < 4.78 is 16.6. The van der Waals surface area contributed by atoms with Crippen molar-refractivity contribution in [1.82, 2.24) is 5.32 Å². The number of ketones is 2. The quantitative estimate of drug-likeness (QED) is 0.450. The Bertz CT molecular complexity index is 1410. The van der Waals surface area contributed by atoms with Crippen molar-refractivity contribution >= 4 is 23.2 Å². The van der Waals surface area contributed by atoms with E-state index in [1.54, 1.807) is 37.4 Å². The van der Waals surface area contributed by atoms with Gasteiger partial charge >= 0.3 is 0 Å². The smallest absolute Gasteiger partial charge is 0.262 e. The summed E-state index contributed by atoms with van der Waals surface area (Å²) in [7, 11) is 3.11. The van der Waals surface area contributed by atoms with Crippen molar-refractivity contribution in [3.63, 3.8) is 0 Å². The van der Waals surface area contributed by atoms with Crippen LogP contribution in [0.25, 0.3) is 0 Å². The molecule has 2 aromatic rings. The number of carbonyl (C=O) groups excluding carboxylic acids is 3. The molecule has 216 valence electrons. The van der Waals surface area contributed by atoms with Crippen LogP contribution in [-0.4, -0.2) is 38.3 Å². The second kappa shape index (κ2) is 10.7. The first-order valence-corrected chi connectivity index (χ1v) is 13.9. The fourth-order valence-corrected chi connectivity index (χ4v) is 6.22. The Balaban J connectivity index is 1.43. The van der Waals surface area contributed by atoms with Crippen molar-refractivity contribution < 1.29 is 28.6 Å². The lowest BCUT2D eigenvalue weighted by molar-refractivity contribution is -0.119. The summed E-state index contributed by atoms with van der Waals surface area (Å²) in [6.45, 7) is 8.19. The molecule has 1 aliphatic heterocycles. The molecule has 0 aromatic heterocycles. The van der Waals surface area contributed by atoms with Crippen molar-refractivity contribution in [3.05, 3.63) is 70.6 Å². The number of Topliss-reactive ketones (excluding diaryl/α,β-unsaturated/α-hetero) is 2. The van der Waals surface area contributed by atoms with Crippen molar-refractivity contribution in [2.75, 3.05) is 26.1 Å². The van der Waals surface area contributed by atoms with Crippen LogP contribution >= 0.6 is 0 Å². The minimum Gasteiger partial charge on any atom is -0.497 e. The maximum absolute atomic E-state index is 13.6. The third-order valence-corrected chi connectivity index (χ3v) is 7.97. The Morgan fingerprint density at radius 1 is 0.829 bits per heavy atom. The Kier molecular flexibility index (Phi) is 7.45. The Morgan fingerprint density at radius 2 is 1.41 bits per heavy atom. The first kappa shape index (κ1) is 28.5. The number of allylic oxidation sites excluding steroid dienone is 4. The highest BCUT2D eigenvalue weighted by atomic mass is 16.5. The van der Waals surface area contributed by atoms with Crippen LogP contribution in [0, 0.1) is 10.8 Å². The second-order valence-electron chi connectivity index (χ2n) is 12.7. The van der Waals surface area contributed by atoms with Crippen LogP contribution in [0.1, 0.15) is 64.9 Å². The highest BCUT2D eigenvalue weighted by Gasteiger charge is 2.46. The molecule has 0 atom stereocenters. The minimum atomic E-state index is -0.477. The van der Waals surface area contributed by atoms with Gasteiger partial charge in [-0.2, -0.15) is 0 Å². The monoisotopic (exact) mass is 558 g/mol. The predicted molar refractivity (Wildman–Crippen MR) is 156 cm³/mol. The normalized spacial score (nSPS) is 19.7. The van der Waals surface area contributed by atoms with Gasteiger partial charge in [0.05, 0.1) is 14.2 Å². The third kappa shape index (κ3) is 5.87. The highest BCUT2D eigenvalue weighted by Crippen LogP contribution is 2.51. The highest BCUT2D eigenvalue weighted by molar-refractivity contribution is 6.06. The fraction of sp³-hybridized carbons (Fsp3) is 0.424. The largest absolute Gasteiger partial charge is 0.497 e. The number of ether oxygens (including phenoxy) is 3. The second-order valence-corrected chi connectivity index (χ2v) is 12.7. The third-order valence-electron chi connectivity index (χ3n) is 7.97. The summed E-state index contributed by atoms with van der Waals surface area (Å²) in [5.74, 6) is 0.839. The van der Waals surface area contributed by atoms with E-state index in [4.69, 9.17) is 14.2 Å². The molecule has 2 aromatic carbocycles. The predicted octanol–water partition coefficient (Wildman–Crippen LogP) is 5.69. The number of hydrogen-bond acceptors (Lipinski definition) is 7. The van der Waals surface area contributed by atoms with Gasteiger partial charge < -0.3 is 24.8 Å². The summed E-state index contributed by atoms with van der Waals surface area (Å²) in [6.07, 6.45) is 2.32. The van der Waals surface area contributed by atoms with E-state index < -0.39 is 5.92 Å². The molecule has 1 heterocycles. The van der Waals surface area contributed by atoms with Crippen LogP contribution in [-0.2, 0) is 14.4 Å². The van der Waals surface area contributed by atoms with Crippen molar-refractivity contribution in [2.24, 2.45) is 10.8 Å². The number of carbonyl (C=O) groups is 3. The summed E-state index contributed by atoms with van der Waals surface area (Å²) in [6, 6.07) is 12.4. The average Bonchev–Trinajstić information content (AvgIpc) is 2.89. The molecule has 0 saturated heterocycles. The lowest BCUT2D eigenvalue weighted by Gasteiger charge is -2.44. The van der Waals surface area contributed by atoms with Crippen molar-refractivity contribution in [2.45, 2.75) is 59.3 Å². The van der Waals surface area contributed by atoms with E-state index in [0.29, 0.717) is 46.9 Å². The number of rotatable bonds is 7. The number of dihydropyridines is 1. The molecule has 8 heteroatoms. The van der Waals surface area contributed by atoms with E-state index in [-0.39, 0.29) is 34.9 Å². The van der Waals surface area contributed by atoms with Gasteiger partial charge in [0.15, 0.2) is 29.7 Å². The molecular formula is C33H38N2O6. The average molecular weight is 559 g/mol. The van der Waals surface area contributed by atoms with E-state index in [9.17, 15) is 14.4 Å². The molecule has 1 amide bonds. The van der Waals surface area contributed by atoms with Crippen LogP contribution in [0.5, 0.6) is 17.2 Å². The molecule has 0 radical (unpaired) electrons. The molecule has 0 unspecified atom stereocenters. The molecule has 0 saturated carbocycles. The lowest BCUT2D eigenvalue weighted by atomic mass is 9.64. The molecule has 2 N–H and O–H groups in total. The van der Waals surface area contributed by atoms with Gasteiger partial charge in [-0.1, -0.05) is 33.8 Å². The molecule has 0 spiro atoms. The van der Waals surface area contributed by atoms with Gasteiger partial charge in [0, 0.05) is 47.0 Å². The Labute approximate surface area is 241 Å². The molecule has 3 aliphatic rings. The van der Waals surface area contributed by atoms with E-state index in [0.717, 1.165) is 29.8 Å². The van der Waals surface area contributed by atoms with Crippen LogP contribution in [0.3, 0.4) is 0 Å². The molecule has 0 fully saturated rings. The maximum Gasteiger partial charge on any atom is 0.262 e. The van der Waals surface area contributed by atoms with Crippen LogP contribution in [0.4, 0.5) is 5.69 Å². The zero-order valence-corrected chi connectivity index (χ0v) is 24.6. The summed E-state index contributed by atoms with van der Waals surface area (Å²) in [5.41, 5.74) is 4.26. The number of anilines is 1. The van der Waals surface area contributed by atoms with Crippen LogP contribution in [0.15, 0.2) is 65.0 Å². The fourth-order valence-electron chi connectivity index (χ4n) is 6.22. The molecule has 8 nitrogen and oxygen atoms in total. The maximum atomic E-state index is 13.6. The lowest BCUT2D eigenvalue weighted by Crippen LogP contribution is -2.42. The molecule has 5 rings (SSSR count). The first-order chi connectivity index (χ1) is 19.4. The van der Waals surface area contributed by atoms with Crippen molar-refractivity contribution in [1.29, 1.82) is 0 Å². The number of benzene rings is 2. The van der Waals surface area contributed by atoms with Gasteiger partial charge in [-0.15, -0.1) is 0 Å². The number of hydrogen-bond donors (Lipinski definition) is 2. The van der Waals surface area contributed by atoms with Gasteiger partial charge in [-0.25, -0.2) is 0 Å². The van der Waals surface area contributed by atoms with Gasteiger partial charge in [0.1, 0.15) is 5.75 Å². The summed E-state index contributed by atoms with van der Waals surface area (Å²) in [5, 5.41) is 6.33. The number of nitrogens with one attached hydrogen (secondary N) is 2. The van der Waals surface area contributed by atoms with Gasteiger partial charge in [-0.3, -0.25) is 14.4 Å². The molecule has 0 bridgehead atoms. The number of methoxy groups -OCH3 is 2. The summed E-state index contributed by atoms with van der Waals surface area (Å²) in [4.78, 5) is 39.7. The first-order valence-electron chi connectivity index (χ1n) is 13.9. The van der Waals surface area contributed by atoms with Gasteiger partial charge in [-0.05, 0) is 65.6 Å². The molecular weight excluding hydrogens is 520 g/mol. The van der Waals surface area contributed by atoms with E-state index in [2.05, 4.69) is 38.3 Å². The standard InChI is InChI=1S/C33H38N2O6/c1-32(2)14-22-30(24(36)16-32)29(31-23(35-22)15-33(3,4)17-25(31)37)19-7-12-26(27(13-19)40-6)41-18-28(38)34-20-8-10-21(39-5)11-9-20/h7-13,29,35H,14-18H2,1-6H3,(H,34,38). The number of amides is 1. The minimum absolute atomic E-state index is 0.0624. The van der Waals surface area contributed by atoms with E-state index in [1.807, 2.05) is 12.1 Å². The topological polar surface area (TPSA) is 103 Å². The SMILES string of the molecule is COc1ccc(NC(=O)COc2ccc(C3C4=C(CC(C)(C)CC4=O)NC4=C3C(=O)CC(C)(C)C4)cc2OC)cc1. The molecule has 2 aliphatic carbocycles.